The van der Waals surface area contributed by atoms with Crippen LogP contribution in [0.15, 0.2) is 12.4 Å². The van der Waals surface area contributed by atoms with Gasteiger partial charge in [-0.15, -0.1) is 5.10 Å². The van der Waals surface area contributed by atoms with Crippen molar-refractivity contribution in [2.45, 2.75) is 51.7 Å². The number of amides is 1. The molecule has 0 aromatic carbocycles. The van der Waals surface area contributed by atoms with Gasteiger partial charge in [-0.3, -0.25) is 9.48 Å². The van der Waals surface area contributed by atoms with Gasteiger partial charge in [0, 0.05) is 32.4 Å². The van der Waals surface area contributed by atoms with Gasteiger partial charge in [0.25, 0.3) is 0 Å². The maximum absolute atomic E-state index is 12.8. The van der Waals surface area contributed by atoms with Gasteiger partial charge in [0.05, 0.1) is 18.2 Å². The molecule has 122 valence electrons. The molecule has 0 saturated carbocycles. The normalized spacial score (nSPS) is 27.0. The first-order chi connectivity index (χ1) is 10.8. The molecule has 3 heterocycles. The first-order valence-corrected chi connectivity index (χ1v) is 8.52. The summed E-state index contributed by atoms with van der Waals surface area (Å²) in [5, 5.41) is 7.87. The lowest BCUT2D eigenvalue weighted by Crippen LogP contribution is -2.47. The summed E-state index contributed by atoms with van der Waals surface area (Å²) in [6.45, 7) is 5.56. The number of likely N-dealkylation sites (tertiary alicyclic amines) is 1. The average molecular weight is 306 g/mol. The number of hydrogen-bond donors (Lipinski definition) is 0. The Bertz CT molecular complexity index is 469. The molecule has 2 fully saturated rings. The number of hydrogen-bond acceptors (Lipinski definition) is 4. The monoisotopic (exact) mass is 306 g/mol. The second-order valence-electron chi connectivity index (χ2n) is 6.46. The lowest BCUT2D eigenvalue weighted by atomic mass is 9.89. The van der Waals surface area contributed by atoms with Crippen LogP contribution in [0.5, 0.6) is 0 Å². The second kappa shape index (κ2) is 7.22. The molecule has 2 saturated heterocycles. The van der Waals surface area contributed by atoms with Crippen LogP contribution >= 0.6 is 0 Å². The summed E-state index contributed by atoms with van der Waals surface area (Å²) in [6, 6.07) is 0. The van der Waals surface area contributed by atoms with E-state index in [0.717, 1.165) is 58.3 Å². The van der Waals surface area contributed by atoms with Gasteiger partial charge in [0.15, 0.2) is 0 Å². The summed E-state index contributed by atoms with van der Waals surface area (Å²) in [6.07, 6.45) is 8.76. The molecule has 1 aromatic rings. The quantitative estimate of drug-likeness (QED) is 0.850. The first kappa shape index (κ1) is 15.5. The molecule has 0 N–H and O–H groups in total. The minimum atomic E-state index is 0.0746. The smallest absolute Gasteiger partial charge is 0.228 e. The molecule has 2 aliphatic heterocycles. The summed E-state index contributed by atoms with van der Waals surface area (Å²) in [4.78, 5) is 14.8. The lowest BCUT2D eigenvalue weighted by molar-refractivity contribution is -0.146. The van der Waals surface area contributed by atoms with Crippen molar-refractivity contribution >= 4 is 5.91 Å². The van der Waals surface area contributed by atoms with Crippen LogP contribution in [-0.4, -0.2) is 51.6 Å². The Labute approximate surface area is 131 Å². The van der Waals surface area contributed by atoms with Gasteiger partial charge in [-0.25, -0.2) is 0 Å². The minimum absolute atomic E-state index is 0.0746. The number of carbonyl (C=O) groups excluding carboxylic acids is 1. The second-order valence-corrected chi connectivity index (χ2v) is 6.46. The number of aromatic nitrogens is 3. The Morgan fingerprint density at radius 2 is 2.14 bits per heavy atom. The Morgan fingerprint density at radius 1 is 1.32 bits per heavy atom. The molecular formula is C16H26N4O2. The molecule has 1 aromatic heterocycles. The van der Waals surface area contributed by atoms with E-state index in [1.54, 1.807) is 6.20 Å². The SMILES string of the molecule is CC[C@H]1OCCC[C@H]1C(=O)N1CCC(Cn2ccnn2)CC1. The van der Waals surface area contributed by atoms with Gasteiger partial charge in [-0.05, 0) is 38.0 Å². The fourth-order valence-electron chi connectivity index (χ4n) is 3.69. The standard InChI is InChI=1S/C16H26N4O2/c1-2-15-14(4-3-11-22-15)16(21)19-8-5-13(6-9-19)12-20-10-7-17-18-20/h7,10,13-15H,2-6,8-9,11-12H2,1H3/t14-,15-/m1/s1. The van der Waals surface area contributed by atoms with E-state index in [-0.39, 0.29) is 12.0 Å². The van der Waals surface area contributed by atoms with Gasteiger partial charge < -0.3 is 9.64 Å². The highest BCUT2D eigenvalue weighted by atomic mass is 16.5. The highest BCUT2D eigenvalue weighted by Crippen LogP contribution is 2.27. The van der Waals surface area contributed by atoms with Gasteiger partial charge >= 0.3 is 0 Å². The number of ether oxygens (including phenoxy) is 1. The molecular weight excluding hydrogens is 280 g/mol. The van der Waals surface area contributed by atoms with E-state index in [9.17, 15) is 4.79 Å². The van der Waals surface area contributed by atoms with Crippen LogP contribution in [0.3, 0.4) is 0 Å². The fourth-order valence-corrected chi connectivity index (χ4v) is 3.69. The van der Waals surface area contributed by atoms with E-state index in [0.29, 0.717) is 11.8 Å². The highest BCUT2D eigenvalue weighted by Gasteiger charge is 2.35. The molecule has 2 aliphatic rings. The van der Waals surface area contributed by atoms with Gasteiger partial charge in [0.1, 0.15) is 0 Å². The summed E-state index contributed by atoms with van der Waals surface area (Å²) in [7, 11) is 0. The van der Waals surface area contributed by atoms with Crippen molar-refractivity contribution in [1.29, 1.82) is 0 Å². The zero-order valence-corrected chi connectivity index (χ0v) is 13.4. The predicted molar refractivity (Wildman–Crippen MR) is 82.1 cm³/mol. The van der Waals surface area contributed by atoms with Crippen LogP contribution in [0.25, 0.3) is 0 Å². The summed E-state index contributed by atoms with van der Waals surface area (Å²) in [5.74, 6) is 0.978. The molecule has 0 spiro atoms. The largest absolute Gasteiger partial charge is 0.377 e. The summed E-state index contributed by atoms with van der Waals surface area (Å²) < 4.78 is 7.67. The van der Waals surface area contributed by atoms with Crippen LogP contribution < -0.4 is 0 Å². The molecule has 6 nitrogen and oxygen atoms in total. The van der Waals surface area contributed by atoms with Crippen molar-refractivity contribution in [2.24, 2.45) is 11.8 Å². The van der Waals surface area contributed by atoms with Crippen LogP contribution in [0.2, 0.25) is 0 Å². The third-order valence-corrected chi connectivity index (χ3v) is 5.00. The van der Waals surface area contributed by atoms with Crippen LogP contribution in [0.1, 0.15) is 39.0 Å². The molecule has 1 amide bonds. The third-order valence-electron chi connectivity index (χ3n) is 5.00. The molecule has 2 atom stereocenters. The van der Waals surface area contributed by atoms with Crippen molar-refractivity contribution in [2.75, 3.05) is 19.7 Å². The van der Waals surface area contributed by atoms with E-state index in [4.69, 9.17) is 4.74 Å². The summed E-state index contributed by atoms with van der Waals surface area (Å²) >= 11 is 0. The minimum Gasteiger partial charge on any atom is -0.377 e. The number of carbonyl (C=O) groups is 1. The van der Waals surface area contributed by atoms with E-state index < -0.39 is 0 Å². The highest BCUT2D eigenvalue weighted by molar-refractivity contribution is 5.79. The predicted octanol–water partition coefficient (Wildman–Crippen LogP) is 1.72. The Morgan fingerprint density at radius 3 is 2.82 bits per heavy atom. The topological polar surface area (TPSA) is 60.2 Å². The van der Waals surface area contributed by atoms with Crippen molar-refractivity contribution < 1.29 is 9.53 Å². The molecule has 0 unspecified atom stereocenters. The molecule has 0 bridgehead atoms. The molecule has 22 heavy (non-hydrogen) atoms. The van der Waals surface area contributed by atoms with E-state index >= 15 is 0 Å². The van der Waals surface area contributed by atoms with Crippen molar-refractivity contribution in [1.82, 2.24) is 19.9 Å². The zero-order chi connectivity index (χ0) is 15.4. The Hall–Kier alpha value is -1.43. The Kier molecular flexibility index (Phi) is 5.08. The average Bonchev–Trinajstić information content (AvgIpc) is 3.08. The fraction of sp³-hybridized carbons (Fsp3) is 0.812. The summed E-state index contributed by atoms with van der Waals surface area (Å²) in [5.41, 5.74) is 0. The van der Waals surface area contributed by atoms with Gasteiger partial charge in [-0.1, -0.05) is 12.1 Å². The van der Waals surface area contributed by atoms with E-state index in [1.807, 2.05) is 10.9 Å². The third kappa shape index (κ3) is 3.48. The van der Waals surface area contributed by atoms with Crippen LogP contribution in [-0.2, 0) is 16.1 Å². The Balaban J connectivity index is 1.51. The molecule has 3 rings (SSSR count). The molecule has 6 heteroatoms. The van der Waals surface area contributed by atoms with Crippen molar-refractivity contribution in [3.63, 3.8) is 0 Å². The maximum atomic E-state index is 12.8. The zero-order valence-electron chi connectivity index (χ0n) is 13.4. The molecule has 0 aliphatic carbocycles. The lowest BCUT2D eigenvalue weighted by Gasteiger charge is -2.37. The number of rotatable bonds is 4. The van der Waals surface area contributed by atoms with Crippen molar-refractivity contribution in [3.05, 3.63) is 12.4 Å². The van der Waals surface area contributed by atoms with E-state index in [1.165, 1.54) is 0 Å². The molecule has 0 radical (unpaired) electrons. The van der Waals surface area contributed by atoms with Gasteiger partial charge in [-0.2, -0.15) is 0 Å². The van der Waals surface area contributed by atoms with Crippen LogP contribution in [0, 0.1) is 11.8 Å². The first-order valence-electron chi connectivity index (χ1n) is 8.52. The van der Waals surface area contributed by atoms with E-state index in [2.05, 4.69) is 22.1 Å². The van der Waals surface area contributed by atoms with Crippen LogP contribution in [0.4, 0.5) is 0 Å². The van der Waals surface area contributed by atoms with Crippen molar-refractivity contribution in [3.8, 4) is 0 Å². The van der Waals surface area contributed by atoms with Gasteiger partial charge in [0.2, 0.25) is 5.91 Å². The number of nitrogens with zero attached hydrogens (tertiary/aromatic N) is 4. The maximum Gasteiger partial charge on any atom is 0.228 e. The number of piperidine rings is 1.